The van der Waals surface area contributed by atoms with E-state index in [1.165, 1.54) is 0 Å². The first-order valence-corrected chi connectivity index (χ1v) is 7.84. The van der Waals surface area contributed by atoms with E-state index in [1.807, 2.05) is 14.1 Å². The smallest absolute Gasteiger partial charge is 0.475 e. The molecule has 0 saturated carbocycles. The second-order valence-corrected chi connectivity index (χ2v) is 6.20. The Morgan fingerprint density at radius 2 is 2.00 bits per heavy atom. The molecule has 0 aliphatic carbocycles. The molecule has 1 aliphatic heterocycles. The summed E-state index contributed by atoms with van der Waals surface area (Å²) in [6, 6.07) is 0.0877. The van der Waals surface area contributed by atoms with Gasteiger partial charge in [0.25, 0.3) is 0 Å². The van der Waals surface area contributed by atoms with Gasteiger partial charge in [-0.25, -0.2) is 9.59 Å². The fourth-order valence-electron chi connectivity index (χ4n) is 1.88. The number of hydrogen-bond donors (Lipinski definition) is 2. The number of carboxylic acids is 1. The number of ether oxygens (including phenoxy) is 1. The molecule has 25 heavy (non-hydrogen) atoms. The molecule has 0 aromatic heterocycles. The molecule has 1 fully saturated rings. The number of amides is 1. The number of carbonyl (C=O) groups is 2. The maximum atomic E-state index is 11.8. The number of nitrogens with zero attached hydrogens (tertiary/aromatic N) is 2. The fraction of sp³-hybridized carbons (Fsp3) is 0.600. The van der Waals surface area contributed by atoms with E-state index < -0.39 is 12.1 Å². The van der Waals surface area contributed by atoms with Crippen molar-refractivity contribution in [2.45, 2.75) is 23.9 Å². The van der Waals surface area contributed by atoms with Crippen molar-refractivity contribution in [1.29, 1.82) is 0 Å². The van der Waals surface area contributed by atoms with Gasteiger partial charge < -0.3 is 19.6 Å². The summed E-state index contributed by atoms with van der Waals surface area (Å²) in [5, 5.41) is 7.34. The van der Waals surface area contributed by atoms with E-state index in [1.54, 1.807) is 11.0 Å². The topological polar surface area (TPSA) is 70.1 Å². The lowest BCUT2D eigenvalue weighted by molar-refractivity contribution is -0.192. The predicted octanol–water partition coefficient (Wildman–Crippen LogP) is 2.43. The second-order valence-electron chi connectivity index (χ2n) is 5.47. The van der Waals surface area contributed by atoms with Gasteiger partial charge in [0, 0.05) is 18.3 Å². The average molecular weight is 384 g/mol. The zero-order valence-electron chi connectivity index (χ0n) is 14.1. The largest absolute Gasteiger partial charge is 0.490 e. The van der Waals surface area contributed by atoms with Gasteiger partial charge in [0.1, 0.15) is 6.61 Å². The van der Waals surface area contributed by atoms with Crippen molar-refractivity contribution in [2.75, 3.05) is 33.8 Å². The van der Waals surface area contributed by atoms with Gasteiger partial charge >= 0.3 is 18.2 Å². The minimum Gasteiger partial charge on any atom is -0.475 e. The van der Waals surface area contributed by atoms with Crippen LogP contribution in [0.25, 0.3) is 0 Å². The minimum absolute atomic E-state index is 0.0877. The quantitative estimate of drug-likeness (QED) is 0.563. The molecule has 0 aromatic rings. The Kier molecular flexibility index (Phi) is 10.3. The van der Waals surface area contributed by atoms with Gasteiger partial charge in [0.2, 0.25) is 0 Å². The lowest BCUT2D eigenvalue weighted by Crippen LogP contribution is -2.35. The minimum atomic E-state index is -5.08. The van der Waals surface area contributed by atoms with Gasteiger partial charge in [-0.2, -0.15) is 25.8 Å². The van der Waals surface area contributed by atoms with Crippen molar-refractivity contribution in [3.05, 3.63) is 24.8 Å². The van der Waals surface area contributed by atoms with Crippen LogP contribution in [0.4, 0.5) is 18.0 Å². The molecule has 1 aliphatic rings. The molecule has 6 nitrogen and oxygen atoms in total. The number of halogens is 3. The number of hydrogen-bond acceptors (Lipinski definition) is 5. The maximum absolute atomic E-state index is 11.8. The lowest BCUT2D eigenvalue weighted by atomic mass is 10.2. The second kappa shape index (κ2) is 11.0. The molecule has 1 saturated heterocycles. The van der Waals surface area contributed by atoms with E-state index in [0.717, 1.165) is 13.0 Å². The highest BCUT2D eigenvalue weighted by Gasteiger charge is 2.38. The Morgan fingerprint density at radius 3 is 2.44 bits per heavy atom. The number of alkyl halides is 3. The van der Waals surface area contributed by atoms with E-state index in [2.05, 4.69) is 36.3 Å². The number of carbonyl (C=O) groups excluding carboxylic acids is 1. The summed E-state index contributed by atoms with van der Waals surface area (Å²) < 4.78 is 36.8. The van der Waals surface area contributed by atoms with Crippen molar-refractivity contribution >= 4 is 24.7 Å². The third-order valence-corrected chi connectivity index (χ3v) is 3.33. The van der Waals surface area contributed by atoms with Gasteiger partial charge in [-0.05, 0) is 20.5 Å². The van der Waals surface area contributed by atoms with Crippen LogP contribution in [-0.2, 0) is 9.53 Å². The molecule has 2 unspecified atom stereocenters. The third-order valence-electron chi connectivity index (χ3n) is 2.95. The normalized spacial score (nSPS) is 20.4. The van der Waals surface area contributed by atoms with Crippen molar-refractivity contribution in [3.63, 3.8) is 0 Å². The SMILES string of the molecule is C=CCOC(=O)N1CC(S)CC1C=CCN(C)C.O=C(O)C(F)(F)F. The summed E-state index contributed by atoms with van der Waals surface area (Å²) in [5.41, 5.74) is 0. The van der Waals surface area contributed by atoms with Crippen LogP contribution in [0.3, 0.4) is 0 Å². The first-order valence-electron chi connectivity index (χ1n) is 7.32. The third kappa shape index (κ3) is 10.0. The lowest BCUT2D eigenvalue weighted by Gasteiger charge is -2.21. The zero-order chi connectivity index (χ0) is 19.6. The molecular formula is C15H23F3N2O4S. The van der Waals surface area contributed by atoms with E-state index in [-0.39, 0.29) is 24.0 Å². The number of rotatable bonds is 5. The van der Waals surface area contributed by atoms with E-state index >= 15 is 0 Å². The van der Waals surface area contributed by atoms with Crippen LogP contribution in [0.2, 0.25) is 0 Å². The van der Waals surface area contributed by atoms with Crippen LogP contribution in [0.15, 0.2) is 24.8 Å². The summed E-state index contributed by atoms with van der Waals surface area (Å²) in [4.78, 5) is 24.5. The highest BCUT2D eigenvalue weighted by Crippen LogP contribution is 2.23. The van der Waals surface area contributed by atoms with Gasteiger partial charge in [-0.15, -0.1) is 0 Å². The molecule has 1 amide bonds. The summed E-state index contributed by atoms with van der Waals surface area (Å²) >= 11 is 4.45. The van der Waals surface area contributed by atoms with E-state index in [9.17, 15) is 18.0 Å². The van der Waals surface area contributed by atoms with Crippen molar-refractivity contribution in [3.8, 4) is 0 Å². The van der Waals surface area contributed by atoms with Crippen LogP contribution in [0, 0.1) is 0 Å². The number of likely N-dealkylation sites (tertiary alicyclic amines) is 1. The Hall–Kier alpha value is -1.68. The van der Waals surface area contributed by atoms with Gasteiger partial charge in [0.15, 0.2) is 0 Å². The van der Waals surface area contributed by atoms with Crippen LogP contribution in [0.1, 0.15) is 6.42 Å². The monoisotopic (exact) mass is 384 g/mol. The molecule has 0 spiro atoms. The molecule has 0 radical (unpaired) electrons. The predicted molar refractivity (Wildman–Crippen MR) is 90.8 cm³/mol. The standard InChI is InChI=1S/C13H22N2O2S.C2HF3O2/c1-4-8-17-13(16)15-10-12(18)9-11(15)6-5-7-14(2)3;3-2(4,5)1(6)7/h4-6,11-12,18H,1,7-10H2,2-3H3;(H,6,7). The van der Waals surface area contributed by atoms with E-state index in [0.29, 0.717) is 6.54 Å². The molecule has 144 valence electrons. The molecule has 10 heteroatoms. The van der Waals surface area contributed by atoms with Crippen LogP contribution >= 0.6 is 12.6 Å². The fourth-order valence-corrected chi connectivity index (χ4v) is 2.27. The number of thiol groups is 1. The van der Waals surface area contributed by atoms with Crippen molar-refractivity contribution in [1.82, 2.24) is 9.80 Å². The summed E-state index contributed by atoms with van der Waals surface area (Å²) in [6.07, 6.45) is 1.21. The molecule has 0 bridgehead atoms. The first kappa shape index (κ1) is 23.3. The molecule has 1 rings (SSSR count). The molecule has 0 aromatic carbocycles. The van der Waals surface area contributed by atoms with Crippen LogP contribution < -0.4 is 0 Å². The summed E-state index contributed by atoms with van der Waals surface area (Å²) in [6.45, 7) is 5.28. The summed E-state index contributed by atoms with van der Waals surface area (Å²) in [7, 11) is 4.02. The molecule has 1 heterocycles. The summed E-state index contributed by atoms with van der Waals surface area (Å²) in [5.74, 6) is -2.76. The average Bonchev–Trinajstić information content (AvgIpc) is 2.85. The zero-order valence-corrected chi connectivity index (χ0v) is 15.0. The van der Waals surface area contributed by atoms with Crippen molar-refractivity contribution in [2.24, 2.45) is 0 Å². The number of carboxylic acid groups (broad SMARTS) is 1. The van der Waals surface area contributed by atoms with Gasteiger partial charge in [0.05, 0.1) is 6.04 Å². The Bertz CT molecular complexity index is 484. The Labute approximate surface area is 150 Å². The highest BCUT2D eigenvalue weighted by atomic mass is 32.1. The molecule has 1 N–H and O–H groups in total. The van der Waals surface area contributed by atoms with Crippen LogP contribution in [0.5, 0.6) is 0 Å². The first-order chi connectivity index (χ1) is 11.5. The number of likely N-dealkylation sites (N-methyl/N-ethyl adjacent to an activating group) is 1. The Balaban J connectivity index is 0.000000697. The van der Waals surface area contributed by atoms with Gasteiger partial charge in [-0.3, -0.25) is 0 Å². The molecular weight excluding hydrogens is 361 g/mol. The Morgan fingerprint density at radius 1 is 1.44 bits per heavy atom. The van der Waals surface area contributed by atoms with Crippen LogP contribution in [-0.4, -0.2) is 78.2 Å². The van der Waals surface area contributed by atoms with E-state index in [4.69, 9.17) is 14.6 Å². The highest BCUT2D eigenvalue weighted by molar-refractivity contribution is 7.81. The van der Waals surface area contributed by atoms with Gasteiger partial charge in [-0.1, -0.05) is 24.8 Å². The van der Waals surface area contributed by atoms with Crippen molar-refractivity contribution < 1.29 is 32.6 Å². The molecule has 2 atom stereocenters. The maximum Gasteiger partial charge on any atom is 0.490 e. The number of aliphatic carboxylic acids is 1.